The van der Waals surface area contributed by atoms with Gasteiger partial charge in [0.2, 0.25) is 0 Å². The van der Waals surface area contributed by atoms with E-state index in [4.69, 9.17) is 14.2 Å². The van der Waals surface area contributed by atoms with E-state index in [-0.39, 0.29) is 11.9 Å². The lowest BCUT2D eigenvalue weighted by molar-refractivity contribution is 0.0922. The van der Waals surface area contributed by atoms with E-state index in [9.17, 15) is 4.79 Å². The van der Waals surface area contributed by atoms with Crippen LogP contribution in [-0.4, -0.2) is 51.8 Å². The van der Waals surface area contributed by atoms with Crippen LogP contribution in [0.5, 0.6) is 17.2 Å². The van der Waals surface area contributed by atoms with E-state index in [1.54, 1.807) is 39.5 Å². The molecule has 1 fully saturated rings. The molecular formula is C23H30N2O4. The van der Waals surface area contributed by atoms with Gasteiger partial charge in [-0.1, -0.05) is 24.6 Å². The third-order valence-corrected chi connectivity index (χ3v) is 5.40. The molecule has 1 heterocycles. The summed E-state index contributed by atoms with van der Waals surface area (Å²) in [6, 6.07) is 13.3. The van der Waals surface area contributed by atoms with Crippen molar-refractivity contribution in [2.75, 3.05) is 41.0 Å². The van der Waals surface area contributed by atoms with Gasteiger partial charge in [0, 0.05) is 23.7 Å². The second-order valence-electron chi connectivity index (χ2n) is 7.17. The van der Waals surface area contributed by atoms with Crippen LogP contribution in [0.1, 0.15) is 41.2 Å². The van der Waals surface area contributed by atoms with E-state index in [0.717, 1.165) is 24.4 Å². The number of methoxy groups -OCH3 is 3. The summed E-state index contributed by atoms with van der Waals surface area (Å²) >= 11 is 0. The van der Waals surface area contributed by atoms with Crippen LogP contribution in [0.4, 0.5) is 0 Å². The summed E-state index contributed by atoms with van der Waals surface area (Å²) in [7, 11) is 4.84. The van der Waals surface area contributed by atoms with Crippen LogP contribution in [0.25, 0.3) is 0 Å². The van der Waals surface area contributed by atoms with E-state index >= 15 is 0 Å². The predicted molar refractivity (Wildman–Crippen MR) is 113 cm³/mol. The minimum absolute atomic E-state index is 0.0582. The molecule has 1 unspecified atom stereocenters. The first kappa shape index (κ1) is 21.0. The van der Waals surface area contributed by atoms with E-state index in [1.165, 1.54) is 19.3 Å². The van der Waals surface area contributed by atoms with E-state index < -0.39 is 0 Å². The molecule has 0 spiro atoms. The van der Waals surface area contributed by atoms with Crippen LogP contribution in [0.15, 0.2) is 42.5 Å². The molecule has 0 saturated carbocycles. The van der Waals surface area contributed by atoms with Crippen molar-refractivity contribution in [1.82, 2.24) is 10.2 Å². The van der Waals surface area contributed by atoms with Crippen molar-refractivity contribution in [1.29, 1.82) is 0 Å². The standard InChI is InChI=1S/C23H30N2O4/c1-27-18-13-17(14-19(15-18)28-2)23(26)24-16-21(25-11-7-4-8-12-25)20-9-5-6-10-22(20)29-3/h5-6,9-10,13-15,21H,4,7-8,11-12,16H2,1-3H3,(H,24,26). The van der Waals surface area contributed by atoms with Gasteiger partial charge >= 0.3 is 0 Å². The van der Waals surface area contributed by atoms with Crippen LogP contribution < -0.4 is 19.5 Å². The first-order chi connectivity index (χ1) is 14.2. The van der Waals surface area contributed by atoms with Gasteiger partial charge in [0.15, 0.2) is 0 Å². The molecule has 3 rings (SSSR count). The molecule has 6 heteroatoms. The predicted octanol–water partition coefficient (Wildman–Crippen LogP) is 3.67. The number of benzene rings is 2. The van der Waals surface area contributed by atoms with Crippen LogP contribution in [0, 0.1) is 0 Å². The second kappa shape index (κ2) is 10.2. The van der Waals surface area contributed by atoms with Crippen molar-refractivity contribution in [2.45, 2.75) is 25.3 Å². The SMILES string of the molecule is COc1cc(OC)cc(C(=O)NCC(c2ccccc2OC)N2CCCCC2)c1. The number of carbonyl (C=O) groups is 1. The summed E-state index contributed by atoms with van der Waals surface area (Å²) in [5.74, 6) is 1.87. The highest BCUT2D eigenvalue weighted by Crippen LogP contribution is 2.31. The highest BCUT2D eigenvalue weighted by Gasteiger charge is 2.25. The lowest BCUT2D eigenvalue weighted by Gasteiger charge is -2.35. The van der Waals surface area contributed by atoms with E-state index in [1.807, 2.05) is 18.2 Å². The summed E-state index contributed by atoms with van der Waals surface area (Å²) in [6.45, 7) is 2.54. The Labute approximate surface area is 172 Å². The molecule has 1 saturated heterocycles. The average Bonchev–Trinajstić information content (AvgIpc) is 2.79. The van der Waals surface area contributed by atoms with Crippen LogP contribution in [0.2, 0.25) is 0 Å². The average molecular weight is 399 g/mol. The maximum absolute atomic E-state index is 12.9. The highest BCUT2D eigenvalue weighted by atomic mass is 16.5. The van der Waals surface area contributed by atoms with E-state index in [2.05, 4.69) is 16.3 Å². The maximum Gasteiger partial charge on any atom is 0.251 e. The Hall–Kier alpha value is -2.73. The maximum atomic E-state index is 12.9. The molecule has 0 bridgehead atoms. The van der Waals surface area contributed by atoms with Gasteiger partial charge < -0.3 is 19.5 Å². The number of carbonyl (C=O) groups excluding carboxylic acids is 1. The summed E-state index contributed by atoms with van der Waals surface area (Å²) < 4.78 is 16.2. The van der Waals surface area contributed by atoms with Gasteiger partial charge in [-0.3, -0.25) is 9.69 Å². The van der Waals surface area contributed by atoms with E-state index in [0.29, 0.717) is 23.6 Å². The zero-order valence-corrected chi connectivity index (χ0v) is 17.4. The normalized spacial score (nSPS) is 15.4. The summed E-state index contributed by atoms with van der Waals surface area (Å²) in [5.41, 5.74) is 1.61. The Kier molecular flexibility index (Phi) is 7.36. The van der Waals surface area contributed by atoms with Crippen molar-refractivity contribution < 1.29 is 19.0 Å². The van der Waals surface area contributed by atoms with Gasteiger partial charge in [0.1, 0.15) is 17.2 Å². The summed E-state index contributed by atoms with van der Waals surface area (Å²) in [5, 5.41) is 3.10. The van der Waals surface area contributed by atoms with Gasteiger partial charge in [0.05, 0.1) is 27.4 Å². The number of nitrogens with one attached hydrogen (secondary N) is 1. The lowest BCUT2D eigenvalue weighted by atomic mass is 10.0. The Balaban J connectivity index is 1.80. The molecule has 0 aliphatic carbocycles. The number of para-hydroxylation sites is 1. The molecule has 29 heavy (non-hydrogen) atoms. The fourth-order valence-corrected chi connectivity index (χ4v) is 3.84. The molecule has 0 aromatic heterocycles. The van der Waals surface area contributed by atoms with Crippen molar-refractivity contribution >= 4 is 5.91 Å². The Morgan fingerprint density at radius 1 is 0.966 bits per heavy atom. The molecule has 1 N–H and O–H groups in total. The van der Waals surface area contributed by atoms with Gasteiger partial charge in [-0.25, -0.2) is 0 Å². The van der Waals surface area contributed by atoms with Gasteiger partial charge in [-0.15, -0.1) is 0 Å². The lowest BCUT2D eigenvalue weighted by Crippen LogP contribution is -2.40. The monoisotopic (exact) mass is 398 g/mol. The van der Waals surface area contributed by atoms with Gasteiger partial charge in [-0.05, 0) is 44.1 Å². The van der Waals surface area contributed by atoms with Crippen LogP contribution >= 0.6 is 0 Å². The molecule has 1 aliphatic heterocycles. The smallest absolute Gasteiger partial charge is 0.251 e. The number of hydrogen-bond donors (Lipinski definition) is 1. The zero-order chi connectivity index (χ0) is 20.6. The molecule has 0 radical (unpaired) electrons. The Bertz CT molecular complexity index is 796. The third kappa shape index (κ3) is 5.21. The van der Waals surface area contributed by atoms with Crippen LogP contribution in [-0.2, 0) is 0 Å². The minimum Gasteiger partial charge on any atom is -0.497 e. The zero-order valence-electron chi connectivity index (χ0n) is 17.4. The number of ether oxygens (including phenoxy) is 3. The number of rotatable bonds is 8. The number of piperidine rings is 1. The quantitative estimate of drug-likeness (QED) is 0.735. The highest BCUT2D eigenvalue weighted by molar-refractivity contribution is 5.95. The van der Waals surface area contributed by atoms with Crippen molar-refractivity contribution in [3.63, 3.8) is 0 Å². The molecular weight excluding hydrogens is 368 g/mol. The molecule has 2 aromatic carbocycles. The largest absolute Gasteiger partial charge is 0.497 e. The minimum atomic E-state index is -0.154. The fourth-order valence-electron chi connectivity index (χ4n) is 3.84. The van der Waals surface area contributed by atoms with Gasteiger partial charge in [0.25, 0.3) is 5.91 Å². The number of hydrogen-bond acceptors (Lipinski definition) is 5. The van der Waals surface area contributed by atoms with Crippen molar-refractivity contribution in [3.8, 4) is 17.2 Å². The Morgan fingerprint density at radius 3 is 2.24 bits per heavy atom. The molecule has 1 aliphatic rings. The van der Waals surface area contributed by atoms with Crippen molar-refractivity contribution in [2.24, 2.45) is 0 Å². The Morgan fingerprint density at radius 2 is 1.62 bits per heavy atom. The molecule has 1 atom stereocenters. The molecule has 156 valence electrons. The first-order valence-corrected chi connectivity index (χ1v) is 10.0. The molecule has 1 amide bonds. The fraction of sp³-hybridized carbons (Fsp3) is 0.435. The number of nitrogens with zero attached hydrogens (tertiary/aromatic N) is 1. The molecule has 6 nitrogen and oxygen atoms in total. The second-order valence-corrected chi connectivity index (χ2v) is 7.17. The number of likely N-dealkylation sites (tertiary alicyclic amines) is 1. The van der Waals surface area contributed by atoms with Gasteiger partial charge in [-0.2, -0.15) is 0 Å². The molecule has 2 aromatic rings. The van der Waals surface area contributed by atoms with Crippen molar-refractivity contribution in [3.05, 3.63) is 53.6 Å². The summed E-state index contributed by atoms with van der Waals surface area (Å²) in [4.78, 5) is 15.3. The third-order valence-electron chi connectivity index (χ3n) is 5.40. The number of amides is 1. The van der Waals surface area contributed by atoms with Crippen LogP contribution in [0.3, 0.4) is 0 Å². The summed E-state index contributed by atoms with van der Waals surface area (Å²) in [6.07, 6.45) is 3.60. The topological polar surface area (TPSA) is 60.0 Å². The first-order valence-electron chi connectivity index (χ1n) is 10.0.